The molecule has 6 N–H and O–H groups in total. The normalized spacial score (nSPS) is 18.9. The van der Waals surface area contributed by atoms with Crippen LogP contribution in [0.2, 0.25) is 0 Å². The largest absolute Gasteiger partial charge is 0.479 e. The van der Waals surface area contributed by atoms with Gasteiger partial charge in [0.2, 0.25) is 0 Å². The zero-order chi connectivity index (χ0) is 10.6. The minimum absolute atomic E-state index is 0. The van der Waals surface area contributed by atoms with Crippen molar-refractivity contribution >= 4 is 5.97 Å². The van der Waals surface area contributed by atoms with Crippen LogP contribution in [0.25, 0.3) is 0 Å². The number of aliphatic carboxylic acids is 1. The predicted octanol–water partition coefficient (Wildman–Crippen LogP) is -3.50. The monoisotopic (exact) mass is 303 g/mol. The van der Waals surface area contributed by atoms with E-state index in [2.05, 4.69) is 0 Å². The van der Waals surface area contributed by atoms with Crippen LogP contribution in [-0.4, -0.2) is 67.6 Å². The van der Waals surface area contributed by atoms with Crippen molar-refractivity contribution in [2.45, 2.75) is 24.4 Å². The van der Waals surface area contributed by atoms with Crippen LogP contribution in [0.15, 0.2) is 0 Å². The van der Waals surface area contributed by atoms with Crippen LogP contribution in [0.5, 0.6) is 0 Å². The molecule has 0 rings (SSSR count). The molecule has 1 radical (unpaired) electrons. The Hall–Kier alpha value is 0.0103. The van der Waals surface area contributed by atoms with Crippen molar-refractivity contribution in [3.63, 3.8) is 0 Å². The maximum atomic E-state index is 10.1. The fraction of sp³-hybridized carbons (Fsp3) is 0.833. The van der Waals surface area contributed by atoms with Gasteiger partial charge in [0.05, 0.1) is 6.61 Å². The van der Waals surface area contributed by atoms with Crippen molar-refractivity contribution in [1.29, 1.82) is 0 Å². The minimum atomic E-state index is -2.20. The number of carboxylic acid groups (broad SMARTS) is 1. The van der Waals surface area contributed by atoms with Crippen LogP contribution in [0.4, 0.5) is 0 Å². The Morgan fingerprint density at radius 1 is 1.07 bits per heavy atom. The van der Waals surface area contributed by atoms with Crippen LogP contribution in [-0.2, 0) is 27.2 Å². The molecule has 0 aliphatic carbocycles. The summed E-state index contributed by atoms with van der Waals surface area (Å²) in [6, 6.07) is 0. The molecule has 4 atom stereocenters. The Morgan fingerprint density at radius 2 is 1.50 bits per heavy atom. The van der Waals surface area contributed by atoms with Gasteiger partial charge in [-0.25, -0.2) is 4.79 Å². The molecule has 0 amide bonds. The van der Waals surface area contributed by atoms with E-state index in [0.29, 0.717) is 0 Å². The molecular weight excluding hydrogens is 292 g/mol. The molecule has 0 aromatic rings. The molecule has 0 spiro atoms. The SMILES string of the molecule is O=C(O)[C@H](O)[C@@H](O)[C@H](O)[C@H](O)CO.[Ag]. The maximum Gasteiger partial charge on any atom is 0.335 e. The smallest absolute Gasteiger partial charge is 0.335 e. The van der Waals surface area contributed by atoms with Gasteiger partial charge in [0.15, 0.2) is 6.10 Å². The van der Waals surface area contributed by atoms with E-state index < -0.39 is 37.0 Å². The van der Waals surface area contributed by atoms with E-state index in [1.54, 1.807) is 0 Å². The van der Waals surface area contributed by atoms with Crippen LogP contribution >= 0.6 is 0 Å². The average molecular weight is 304 g/mol. The molecule has 7 nitrogen and oxygen atoms in total. The molecule has 0 fully saturated rings. The zero-order valence-electron chi connectivity index (χ0n) is 6.91. The third-order valence-corrected chi connectivity index (χ3v) is 1.51. The summed E-state index contributed by atoms with van der Waals surface area (Å²) in [5.41, 5.74) is 0. The Labute approximate surface area is 95.1 Å². The van der Waals surface area contributed by atoms with Crippen molar-refractivity contribution in [3.8, 4) is 0 Å². The van der Waals surface area contributed by atoms with Gasteiger partial charge in [-0.15, -0.1) is 0 Å². The Kier molecular flexibility index (Phi) is 8.60. The molecule has 0 unspecified atom stereocenters. The Balaban J connectivity index is 0. The van der Waals surface area contributed by atoms with Crippen molar-refractivity contribution in [3.05, 3.63) is 0 Å². The van der Waals surface area contributed by atoms with E-state index in [1.807, 2.05) is 0 Å². The van der Waals surface area contributed by atoms with E-state index in [9.17, 15) is 4.79 Å². The van der Waals surface area contributed by atoms with E-state index in [1.165, 1.54) is 0 Å². The standard InChI is InChI=1S/C6H12O7.Ag/c7-1-2(8)3(9)4(10)5(11)6(12)13;/h2-5,7-11H,1H2,(H,12,13);/t2-,3-,4+,5-;/m1./s1. The quantitative estimate of drug-likeness (QED) is 0.290. The van der Waals surface area contributed by atoms with E-state index >= 15 is 0 Å². The van der Waals surface area contributed by atoms with Crippen molar-refractivity contribution in [2.24, 2.45) is 0 Å². The topological polar surface area (TPSA) is 138 Å². The van der Waals surface area contributed by atoms with Gasteiger partial charge < -0.3 is 30.6 Å². The first-order valence-corrected chi connectivity index (χ1v) is 3.47. The number of rotatable bonds is 5. The van der Waals surface area contributed by atoms with Gasteiger partial charge in [-0.3, -0.25) is 0 Å². The second-order valence-corrected chi connectivity index (χ2v) is 2.51. The second-order valence-electron chi connectivity index (χ2n) is 2.51. The molecule has 0 aromatic carbocycles. The first kappa shape index (κ1) is 16.4. The van der Waals surface area contributed by atoms with Gasteiger partial charge in [0, 0.05) is 22.4 Å². The molecule has 0 saturated carbocycles. The van der Waals surface area contributed by atoms with Gasteiger partial charge in [0.25, 0.3) is 0 Å². The molecule has 0 heterocycles. The summed E-state index contributed by atoms with van der Waals surface area (Å²) in [7, 11) is 0. The average Bonchev–Trinajstić information content (AvgIpc) is 2.12. The Morgan fingerprint density at radius 3 is 1.79 bits per heavy atom. The molecule has 0 bridgehead atoms. The van der Waals surface area contributed by atoms with Crippen molar-refractivity contribution < 1.29 is 57.8 Å². The fourth-order valence-corrected chi connectivity index (χ4v) is 0.668. The number of aliphatic hydroxyl groups excluding tert-OH is 5. The second kappa shape index (κ2) is 7.32. The minimum Gasteiger partial charge on any atom is -0.479 e. The molecule has 0 saturated heterocycles. The van der Waals surface area contributed by atoms with Crippen LogP contribution < -0.4 is 0 Å². The van der Waals surface area contributed by atoms with Crippen LogP contribution in [0, 0.1) is 0 Å². The summed E-state index contributed by atoms with van der Waals surface area (Å²) in [6.07, 6.45) is -7.84. The summed E-state index contributed by atoms with van der Waals surface area (Å²) in [4.78, 5) is 10.1. The van der Waals surface area contributed by atoms with Gasteiger partial charge in [-0.1, -0.05) is 0 Å². The summed E-state index contributed by atoms with van der Waals surface area (Å²) >= 11 is 0. The Bertz CT molecular complexity index is 176. The fourth-order valence-electron chi connectivity index (χ4n) is 0.668. The summed E-state index contributed by atoms with van der Waals surface area (Å²) < 4.78 is 0. The van der Waals surface area contributed by atoms with Gasteiger partial charge in [-0.05, 0) is 0 Å². The third-order valence-electron chi connectivity index (χ3n) is 1.51. The van der Waals surface area contributed by atoms with E-state index in [4.69, 9.17) is 30.6 Å². The predicted molar refractivity (Wildman–Crippen MR) is 38.7 cm³/mol. The van der Waals surface area contributed by atoms with Crippen LogP contribution in [0.3, 0.4) is 0 Å². The number of hydrogen-bond acceptors (Lipinski definition) is 6. The first-order chi connectivity index (χ1) is 5.91. The molecule has 0 aliphatic heterocycles. The summed E-state index contributed by atoms with van der Waals surface area (Å²) in [5, 5.41) is 51.8. The summed E-state index contributed by atoms with van der Waals surface area (Å²) in [5.74, 6) is -1.73. The first-order valence-electron chi connectivity index (χ1n) is 3.47. The molecule has 8 heteroatoms. The number of carboxylic acids is 1. The summed E-state index contributed by atoms with van der Waals surface area (Å²) in [6.45, 7) is -0.843. The van der Waals surface area contributed by atoms with E-state index in [-0.39, 0.29) is 22.4 Å². The van der Waals surface area contributed by atoms with Crippen LogP contribution in [0.1, 0.15) is 0 Å². The molecule has 0 aliphatic rings. The molecule has 0 aromatic heterocycles. The van der Waals surface area contributed by atoms with Crippen molar-refractivity contribution in [1.82, 2.24) is 0 Å². The molecular formula is C6H12AgO7. The van der Waals surface area contributed by atoms with Gasteiger partial charge in [-0.2, -0.15) is 0 Å². The molecule has 89 valence electrons. The zero-order valence-corrected chi connectivity index (χ0v) is 8.39. The maximum absolute atomic E-state index is 10.1. The van der Waals surface area contributed by atoms with Gasteiger partial charge in [0.1, 0.15) is 18.3 Å². The number of aliphatic hydroxyl groups is 5. The third kappa shape index (κ3) is 4.49. The van der Waals surface area contributed by atoms with Crippen molar-refractivity contribution in [2.75, 3.05) is 6.61 Å². The molecule has 14 heavy (non-hydrogen) atoms. The number of carbonyl (C=O) groups is 1. The van der Waals surface area contributed by atoms with Gasteiger partial charge >= 0.3 is 5.97 Å². The van der Waals surface area contributed by atoms with E-state index in [0.717, 1.165) is 0 Å². The number of hydrogen-bond donors (Lipinski definition) is 6.